The predicted octanol–water partition coefficient (Wildman–Crippen LogP) is 7.58. The topological polar surface area (TPSA) is 22.0 Å². The van der Waals surface area contributed by atoms with Crippen molar-refractivity contribution in [3.63, 3.8) is 0 Å². The highest BCUT2D eigenvalue weighted by Crippen LogP contribution is 2.46. The number of nitrogens with zero attached hydrogens (tertiary/aromatic N) is 1. The highest BCUT2D eigenvalue weighted by Gasteiger charge is 2.30. The molecule has 1 aliphatic carbocycles. The summed E-state index contributed by atoms with van der Waals surface area (Å²) in [6.45, 7) is 6.72. The van der Waals surface area contributed by atoms with E-state index >= 15 is 0 Å². The van der Waals surface area contributed by atoms with Crippen LogP contribution in [0.1, 0.15) is 74.7 Å². The molecule has 3 heteroatoms. The maximum Gasteiger partial charge on any atom is 0.150 e. The van der Waals surface area contributed by atoms with E-state index in [4.69, 9.17) is 11.6 Å². The minimum Gasteiger partial charge on any atom is -0.335 e. The zero-order valence-corrected chi connectivity index (χ0v) is 17.7. The molecule has 2 nitrogen and oxygen atoms in total. The van der Waals surface area contributed by atoms with Gasteiger partial charge in [-0.1, -0.05) is 55.1 Å². The SMILES string of the molecule is CC(C)(C)n1c(-c2ccc(Cl)cc2C=O)c(C2CCCCC2)c2ccccc21. The average Bonchev–Trinajstić information content (AvgIpc) is 3.03. The summed E-state index contributed by atoms with van der Waals surface area (Å²) < 4.78 is 2.43. The Bertz CT molecular complexity index is 1020. The molecule has 0 radical (unpaired) electrons. The van der Waals surface area contributed by atoms with Crippen LogP contribution in [0.2, 0.25) is 5.02 Å². The predicted molar refractivity (Wildman–Crippen MR) is 119 cm³/mol. The fraction of sp³-hybridized carbons (Fsp3) is 0.400. The van der Waals surface area contributed by atoms with Crippen molar-refractivity contribution in [2.45, 2.75) is 64.3 Å². The van der Waals surface area contributed by atoms with Crippen LogP contribution >= 0.6 is 11.6 Å². The van der Waals surface area contributed by atoms with Gasteiger partial charge in [0.25, 0.3) is 0 Å². The number of rotatable bonds is 3. The fourth-order valence-corrected chi connectivity index (χ4v) is 5.06. The van der Waals surface area contributed by atoms with Gasteiger partial charge in [-0.05, 0) is 63.3 Å². The van der Waals surface area contributed by atoms with Gasteiger partial charge in [-0.25, -0.2) is 0 Å². The molecule has 0 saturated heterocycles. The minimum absolute atomic E-state index is 0.109. The molecule has 4 rings (SSSR count). The molecule has 1 aliphatic rings. The van der Waals surface area contributed by atoms with Crippen molar-refractivity contribution in [2.75, 3.05) is 0 Å². The molecule has 0 N–H and O–H groups in total. The van der Waals surface area contributed by atoms with E-state index in [0.717, 1.165) is 11.8 Å². The van der Waals surface area contributed by atoms with Crippen LogP contribution in [0.3, 0.4) is 0 Å². The number of carbonyl (C=O) groups excluding carboxylic acids is 1. The number of hydrogen-bond acceptors (Lipinski definition) is 1. The Morgan fingerprint density at radius 3 is 2.43 bits per heavy atom. The van der Waals surface area contributed by atoms with Crippen LogP contribution in [0.25, 0.3) is 22.2 Å². The van der Waals surface area contributed by atoms with E-state index < -0.39 is 0 Å². The largest absolute Gasteiger partial charge is 0.335 e. The van der Waals surface area contributed by atoms with E-state index in [1.807, 2.05) is 12.1 Å². The molecular formula is C25H28ClNO. The van der Waals surface area contributed by atoms with Gasteiger partial charge in [-0.3, -0.25) is 4.79 Å². The van der Waals surface area contributed by atoms with E-state index in [1.54, 1.807) is 6.07 Å². The first-order valence-corrected chi connectivity index (χ1v) is 10.7. The van der Waals surface area contributed by atoms with E-state index in [0.29, 0.717) is 16.5 Å². The second kappa shape index (κ2) is 7.40. The van der Waals surface area contributed by atoms with Crippen molar-refractivity contribution in [1.82, 2.24) is 4.57 Å². The third kappa shape index (κ3) is 3.28. The van der Waals surface area contributed by atoms with E-state index in [1.165, 1.54) is 54.3 Å². The Hall–Kier alpha value is -2.06. The maximum absolute atomic E-state index is 11.9. The van der Waals surface area contributed by atoms with Crippen LogP contribution in [0, 0.1) is 0 Å². The average molecular weight is 394 g/mol. The van der Waals surface area contributed by atoms with Crippen LogP contribution < -0.4 is 0 Å². The smallest absolute Gasteiger partial charge is 0.150 e. The maximum atomic E-state index is 11.9. The van der Waals surface area contributed by atoms with Gasteiger partial charge >= 0.3 is 0 Å². The van der Waals surface area contributed by atoms with Crippen LogP contribution in [-0.4, -0.2) is 10.9 Å². The zero-order chi connectivity index (χ0) is 19.9. The number of benzene rings is 2. The Morgan fingerprint density at radius 1 is 1.04 bits per heavy atom. The van der Waals surface area contributed by atoms with Crippen molar-refractivity contribution in [2.24, 2.45) is 0 Å². The molecular weight excluding hydrogens is 366 g/mol. The van der Waals surface area contributed by atoms with Crippen LogP contribution in [0.15, 0.2) is 42.5 Å². The Balaban J connectivity index is 2.12. The highest BCUT2D eigenvalue weighted by molar-refractivity contribution is 6.31. The lowest BCUT2D eigenvalue weighted by molar-refractivity contribution is 0.112. The Labute approximate surface area is 172 Å². The van der Waals surface area contributed by atoms with Gasteiger partial charge in [-0.15, -0.1) is 0 Å². The van der Waals surface area contributed by atoms with Crippen molar-refractivity contribution in [3.8, 4) is 11.3 Å². The number of aldehydes is 1. The van der Waals surface area contributed by atoms with Gasteiger partial charge in [0, 0.05) is 32.6 Å². The van der Waals surface area contributed by atoms with Crippen LogP contribution in [0.5, 0.6) is 0 Å². The summed E-state index contributed by atoms with van der Waals surface area (Å²) in [6, 6.07) is 14.4. The normalized spacial score (nSPS) is 15.9. The van der Waals surface area contributed by atoms with Crippen molar-refractivity contribution in [3.05, 3.63) is 58.6 Å². The monoisotopic (exact) mass is 393 g/mol. The van der Waals surface area contributed by atoms with E-state index in [-0.39, 0.29) is 5.54 Å². The lowest BCUT2D eigenvalue weighted by Gasteiger charge is -2.29. The summed E-state index contributed by atoms with van der Waals surface area (Å²) in [4.78, 5) is 11.9. The molecule has 0 amide bonds. The molecule has 0 aliphatic heterocycles. The molecule has 1 saturated carbocycles. The van der Waals surface area contributed by atoms with Gasteiger partial charge in [0.1, 0.15) is 0 Å². The second-order valence-electron chi connectivity index (χ2n) is 8.97. The molecule has 0 bridgehead atoms. The summed E-state index contributed by atoms with van der Waals surface area (Å²) >= 11 is 6.21. The molecule has 3 aromatic rings. The first-order valence-electron chi connectivity index (χ1n) is 10.3. The quantitative estimate of drug-likeness (QED) is 0.420. The molecule has 0 unspecified atom stereocenters. The van der Waals surface area contributed by atoms with Crippen molar-refractivity contribution < 1.29 is 4.79 Å². The van der Waals surface area contributed by atoms with Crippen LogP contribution in [-0.2, 0) is 5.54 Å². The number of hydrogen-bond donors (Lipinski definition) is 0. The number of fused-ring (bicyclic) bond motifs is 1. The van der Waals surface area contributed by atoms with Gasteiger partial charge < -0.3 is 4.57 Å². The van der Waals surface area contributed by atoms with Gasteiger partial charge in [0.05, 0.1) is 5.69 Å². The highest BCUT2D eigenvalue weighted by atomic mass is 35.5. The molecule has 2 aromatic carbocycles. The standard InChI is InChI=1S/C25H28ClNO/c1-25(2,3)27-22-12-8-7-11-21(22)23(17-9-5-4-6-10-17)24(27)20-14-13-19(26)15-18(20)16-28/h7-8,11-17H,4-6,9-10H2,1-3H3. The van der Waals surface area contributed by atoms with Gasteiger partial charge in [0.15, 0.2) is 6.29 Å². The van der Waals surface area contributed by atoms with E-state index in [9.17, 15) is 4.79 Å². The first-order chi connectivity index (χ1) is 13.4. The molecule has 28 heavy (non-hydrogen) atoms. The number of halogens is 1. The molecule has 146 valence electrons. The van der Waals surface area contributed by atoms with Crippen molar-refractivity contribution >= 4 is 28.8 Å². The third-order valence-corrected chi connectivity index (χ3v) is 6.23. The van der Waals surface area contributed by atoms with Crippen molar-refractivity contribution in [1.29, 1.82) is 0 Å². The zero-order valence-electron chi connectivity index (χ0n) is 17.0. The van der Waals surface area contributed by atoms with Gasteiger partial charge in [0.2, 0.25) is 0 Å². The van der Waals surface area contributed by atoms with Gasteiger partial charge in [-0.2, -0.15) is 0 Å². The number of para-hydroxylation sites is 1. The van der Waals surface area contributed by atoms with E-state index in [2.05, 4.69) is 49.6 Å². The summed E-state index contributed by atoms with van der Waals surface area (Å²) in [5.41, 5.74) is 5.40. The third-order valence-electron chi connectivity index (χ3n) is 5.99. The molecule has 1 heterocycles. The molecule has 1 fully saturated rings. The molecule has 1 aromatic heterocycles. The summed E-state index contributed by atoms with van der Waals surface area (Å²) in [5, 5.41) is 1.93. The summed E-state index contributed by atoms with van der Waals surface area (Å²) in [6.07, 6.45) is 7.26. The summed E-state index contributed by atoms with van der Waals surface area (Å²) in [7, 11) is 0. The summed E-state index contributed by atoms with van der Waals surface area (Å²) in [5.74, 6) is 0.535. The second-order valence-corrected chi connectivity index (χ2v) is 9.41. The van der Waals surface area contributed by atoms with Crippen LogP contribution in [0.4, 0.5) is 0 Å². The lowest BCUT2D eigenvalue weighted by atomic mass is 9.81. The lowest BCUT2D eigenvalue weighted by Crippen LogP contribution is -2.23. The fourth-order valence-electron chi connectivity index (χ4n) is 4.88. The number of carbonyl (C=O) groups is 1. The Morgan fingerprint density at radius 2 is 1.75 bits per heavy atom. The first kappa shape index (κ1) is 19.3. The molecule has 0 spiro atoms. The number of aromatic nitrogens is 1. The Kier molecular flexibility index (Phi) is 5.09. The molecule has 0 atom stereocenters. The minimum atomic E-state index is -0.109.